The minimum atomic E-state index is -0.889. The van der Waals surface area contributed by atoms with Crippen molar-refractivity contribution in [3.8, 4) is 0 Å². The van der Waals surface area contributed by atoms with Crippen LogP contribution >= 0.6 is 0 Å². The number of halogens is 2. The molecule has 226 valence electrons. The maximum atomic E-state index is 16.0. The zero-order chi connectivity index (χ0) is 30.8. The predicted molar refractivity (Wildman–Crippen MR) is 155 cm³/mol. The summed E-state index contributed by atoms with van der Waals surface area (Å²) in [7, 11) is 0. The number of aromatic nitrogens is 1. The van der Waals surface area contributed by atoms with Gasteiger partial charge in [-0.1, -0.05) is 31.1 Å². The molecule has 1 fully saturated rings. The lowest BCUT2D eigenvalue weighted by molar-refractivity contribution is 0.0246. The summed E-state index contributed by atoms with van der Waals surface area (Å²) < 4.78 is 40.3. The van der Waals surface area contributed by atoms with E-state index in [1.807, 2.05) is 0 Å². The molecule has 0 unspecified atom stereocenters. The van der Waals surface area contributed by atoms with Gasteiger partial charge in [-0.05, 0) is 78.2 Å². The van der Waals surface area contributed by atoms with Crippen molar-refractivity contribution >= 4 is 36.1 Å². The van der Waals surface area contributed by atoms with E-state index in [1.165, 1.54) is 18.2 Å². The Balaban J connectivity index is 1.68. The zero-order valence-electron chi connectivity index (χ0n) is 24.8. The summed E-state index contributed by atoms with van der Waals surface area (Å²) in [6, 6.07) is 4.99. The number of amides is 3. The number of benzene rings is 1. The summed E-state index contributed by atoms with van der Waals surface area (Å²) in [5.74, 6) is -1.98. The minimum absolute atomic E-state index is 0.00887. The Morgan fingerprint density at radius 1 is 0.952 bits per heavy atom. The summed E-state index contributed by atoms with van der Waals surface area (Å²) in [5.41, 5.74) is -0.800. The summed E-state index contributed by atoms with van der Waals surface area (Å²) in [6.45, 7) is 10.0. The van der Waals surface area contributed by atoms with Crippen molar-refractivity contribution in [1.29, 1.82) is 0 Å². The predicted octanol–water partition coefficient (Wildman–Crippen LogP) is 6.67. The minimum Gasteiger partial charge on any atom is -0.444 e. The molecule has 3 amide bonds. The van der Waals surface area contributed by atoms with Crippen molar-refractivity contribution in [1.82, 2.24) is 15.2 Å². The number of fused-ring (bicyclic) bond motifs is 1. The first-order valence-corrected chi connectivity index (χ1v) is 14.1. The van der Waals surface area contributed by atoms with Gasteiger partial charge in [0.1, 0.15) is 17.0 Å². The molecule has 1 aliphatic carbocycles. The number of carbonyl (C=O) groups is 3. The molecule has 2 N–H and O–H groups in total. The average Bonchev–Trinajstić information content (AvgIpc) is 3.23. The Bertz CT molecular complexity index is 1380. The molecule has 1 aliphatic heterocycles. The maximum absolute atomic E-state index is 16.0. The normalized spacial score (nSPS) is 19.0. The highest BCUT2D eigenvalue weighted by atomic mass is 19.1. The lowest BCUT2D eigenvalue weighted by Crippen LogP contribution is -2.50. The monoisotopic (exact) mass is 584 g/mol. The zero-order valence-corrected chi connectivity index (χ0v) is 24.8. The number of hydrogen-bond acceptors (Lipinski definition) is 7. The molecule has 1 aromatic heterocycles. The number of carbonyl (C=O) groups excluding carboxylic acids is 3. The molecular weight excluding hydrogens is 546 g/mol. The third-order valence-corrected chi connectivity index (χ3v) is 6.75. The van der Waals surface area contributed by atoms with Gasteiger partial charge in [0.15, 0.2) is 11.6 Å². The van der Waals surface area contributed by atoms with E-state index in [0.717, 1.165) is 17.7 Å². The van der Waals surface area contributed by atoms with Gasteiger partial charge in [0.2, 0.25) is 0 Å². The first kappa shape index (κ1) is 30.9. The van der Waals surface area contributed by atoms with Gasteiger partial charge in [0, 0.05) is 11.6 Å². The Morgan fingerprint density at radius 2 is 1.57 bits per heavy atom. The first-order valence-electron chi connectivity index (χ1n) is 14.1. The van der Waals surface area contributed by atoms with Crippen LogP contribution in [-0.2, 0) is 16.0 Å². The second-order valence-electron chi connectivity index (χ2n) is 12.6. The molecule has 1 saturated carbocycles. The van der Waals surface area contributed by atoms with Crippen LogP contribution in [0.15, 0.2) is 24.3 Å². The standard InChI is InChI=1S/C31H38F2N4O5/c1-30(2,3)41-28(39)36-22-10-8-7-9-21(22)34-26-25(33)20-17-37(29(40)42-31(4,5)6)27(38)24(20)23(35-26)16-13-18-11-14-19(32)15-12-18/h11-16,21-22H,7-10,17H2,1-6H3,(H,34,35)(H,36,39)/b16-13+/t21-,22+/m1/s1. The summed E-state index contributed by atoms with van der Waals surface area (Å²) in [6.07, 6.45) is 4.74. The number of rotatable bonds is 5. The fourth-order valence-corrected chi connectivity index (χ4v) is 4.93. The smallest absolute Gasteiger partial charge is 0.417 e. The fraction of sp³-hybridized carbons (Fsp3) is 0.484. The van der Waals surface area contributed by atoms with Crippen molar-refractivity contribution in [2.45, 2.75) is 97.1 Å². The van der Waals surface area contributed by atoms with Crippen molar-refractivity contribution in [2.24, 2.45) is 0 Å². The molecule has 9 nitrogen and oxygen atoms in total. The average molecular weight is 585 g/mol. The molecular formula is C31H38F2N4O5. The summed E-state index contributed by atoms with van der Waals surface area (Å²) in [4.78, 5) is 44.1. The number of pyridine rings is 1. The van der Waals surface area contributed by atoms with Crippen LogP contribution in [0.3, 0.4) is 0 Å². The van der Waals surface area contributed by atoms with Crippen molar-refractivity contribution in [3.63, 3.8) is 0 Å². The molecule has 2 aliphatic rings. The quantitative estimate of drug-likeness (QED) is 0.404. The van der Waals surface area contributed by atoms with Gasteiger partial charge in [-0.2, -0.15) is 0 Å². The molecule has 4 rings (SSSR count). The second-order valence-corrected chi connectivity index (χ2v) is 12.6. The lowest BCUT2D eigenvalue weighted by atomic mass is 9.90. The number of hydrogen-bond donors (Lipinski definition) is 2. The number of imide groups is 1. The highest BCUT2D eigenvalue weighted by molar-refractivity contribution is 6.09. The van der Waals surface area contributed by atoms with E-state index >= 15 is 4.39 Å². The van der Waals surface area contributed by atoms with Gasteiger partial charge < -0.3 is 20.1 Å². The van der Waals surface area contributed by atoms with Crippen LogP contribution in [0.5, 0.6) is 0 Å². The third kappa shape index (κ3) is 7.63. The van der Waals surface area contributed by atoms with Gasteiger partial charge in [0.05, 0.1) is 23.8 Å². The highest BCUT2D eigenvalue weighted by Crippen LogP contribution is 2.34. The number of ether oxygens (including phenoxy) is 2. The SMILES string of the molecule is CC(C)(C)OC(=O)N[C@H]1CCCC[C@H]1Nc1nc(/C=C/c2ccc(F)cc2)c2c(c1F)CN(C(=O)OC(C)(C)C)C2=O. The van der Waals surface area contributed by atoms with Crippen LogP contribution in [0.25, 0.3) is 12.2 Å². The first-order chi connectivity index (χ1) is 19.6. The van der Waals surface area contributed by atoms with Crippen LogP contribution < -0.4 is 10.6 Å². The van der Waals surface area contributed by atoms with Crippen LogP contribution in [0.1, 0.15) is 94.4 Å². The number of alkyl carbamates (subject to hydrolysis) is 1. The lowest BCUT2D eigenvalue weighted by Gasteiger charge is -2.34. The van der Waals surface area contributed by atoms with Gasteiger partial charge in [0.25, 0.3) is 5.91 Å². The van der Waals surface area contributed by atoms with E-state index in [9.17, 15) is 18.8 Å². The maximum Gasteiger partial charge on any atom is 0.417 e. The van der Waals surface area contributed by atoms with Crippen LogP contribution in [-0.4, -0.2) is 51.3 Å². The summed E-state index contributed by atoms with van der Waals surface area (Å²) in [5, 5.41) is 6.05. The number of nitrogens with zero attached hydrogens (tertiary/aromatic N) is 2. The largest absolute Gasteiger partial charge is 0.444 e. The van der Waals surface area contributed by atoms with Crippen molar-refractivity contribution in [2.75, 3.05) is 5.32 Å². The van der Waals surface area contributed by atoms with E-state index in [2.05, 4.69) is 15.6 Å². The highest BCUT2D eigenvalue weighted by Gasteiger charge is 2.40. The van der Waals surface area contributed by atoms with Gasteiger partial charge >= 0.3 is 12.2 Å². The molecule has 0 bridgehead atoms. The Kier molecular flexibility index (Phi) is 8.89. The van der Waals surface area contributed by atoms with E-state index in [1.54, 1.807) is 59.8 Å². The fourth-order valence-electron chi connectivity index (χ4n) is 4.93. The van der Waals surface area contributed by atoms with E-state index in [4.69, 9.17) is 9.47 Å². The van der Waals surface area contributed by atoms with E-state index in [-0.39, 0.29) is 41.3 Å². The molecule has 2 aromatic rings. The van der Waals surface area contributed by atoms with Crippen LogP contribution in [0.4, 0.5) is 24.2 Å². The van der Waals surface area contributed by atoms with Crippen molar-refractivity contribution < 1.29 is 32.6 Å². The van der Waals surface area contributed by atoms with E-state index < -0.39 is 40.9 Å². The topological polar surface area (TPSA) is 110 Å². The third-order valence-electron chi connectivity index (χ3n) is 6.75. The molecule has 42 heavy (non-hydrogen) atoms. The number of anilines is 1. The van der Waals surface area contributed by atoms with Crippen LogP contribution in [0, 0.1) is 11.6 Å². The Hall–Kier alpha value is -4.02. The van der Waals surface area contributed by atoms with E-state index in [0.29, 0.717) is 18.4 Å². The molecule has 11 heteroatoms. The number of nitrogens with one attached hydrogen (secondary N) is 2. The molecule has 2 heterocycles. The molecule has 1 aromatic carbocycles. The van der Waals surface area contributed by atoms with Crippen LogP contribution in [0.2, 0.25) is 0 Å². The van der Waals surface area contributed by atoms with Crippen molar-refractivity contribution in [3.05, 3.63) is 58.3 Å². The summed E-state index contributed by atoms with van der Waals surface area (Å²) >= 11 is 0. The Labute approximate surface area is 244 Å². The van der Waals surface area contributed by atoms with Gasteiger partial charge in [-0.25, -0.2) is 28.3 Å². The van der Waals surface area contributed by atoms with Gasteiger partial charge in [-0.15, -0.1) is 0 Å². The molecule has 0 saturated heterocycles. The second kappa shape index (κ2) is 12.1. The van der Waals surface area contributed by atoms with Gasteiger partial charge in [-0.3, -0.25) is 4.79 Å². The Morgan fingerprint density at radius 3 is 2.19 bits per heavy atom. The molecule has 2 atom stereocenters. The molecule has 0 spiro atoms. The molecule has 0 radical (unpaired) electrons.